The van der Waals surface area contributed by atoms with Gasteiger partial charge in [0.25, 0.3) is 0 Å². The van der Waals surface area contributed by atoms with E-state index in [-0.39, 0.29) is 5.91 Å². The Morgan fingerprint density at radius 2 is 1.56 bits per heavy atom. The summed E-state index contributed by atoms with van der Waals surface area (Å²) in [6, 6.07) is 12.9. The molecule has 2 aromatic carbocycles. The first-order valence-corrected chi connectivity index (χ1v) is 9.26. The van der Waals surface area contributed by atoms with E-state index in [9.17, 15) is 4.79 Å². The molecule has 0 aromatic heterocycles. The fraction of sp³-hybridized carbons (Fsp3) is 0.263. The highest BCUT2D eigenvalue weighted by Gasteiger charge is 2.04. The van der Waals surface area contributed by atoms with Gasteiger partial charge in [0, 0.05) is 37.1 Å². The maximum Gasteiger partial charge on any atom is 0.221 e. The predicted octanol–water partition coefficient (Wildman–Crippen LogP) is 4.08. The maximum atomic E-state index is 11.0. The number of hydrogen-bond donors (Lipinski definition) is 4. The van der Waals surface area contributed by atoms with Gasteiger partial charge in [0.2, 0.25) is 5.91 Å². The second-order valence-corrected chi connectivity index (χ2v) is 7.08. The zero-order chi connectivity index (χ0) is 19.8. The summed E-state index contributed by atoms with van der Waals surface area (Å²) in [5.74, 6) is -0.107. The molecule has 1 amide bonds. The van der Waals surface area contributed by atoms with E-state index in [0.717, 1.165) is 35.8 Å². The molecule has 8 heteroatoms. The van der Waals surface area contributed by atoms with Gasteiger partial charge in [-0.2, -0.15) is 0 Å². The van der Waals surface area contributed by atoms with E-state index in [2.05, 4.69) is 26.2 Å². The van der Waals surface area contributed by atoms with Crippen molar-refractivity contribution in [3.8, 4) is 0 Å². The molecule has 0 fully saturated rings. The molecule has 2 aromatic rings. The normalized spacial score (nSPS) is 10.4. The van der Waals surface area contributed by atoms with Gasteiger partial charge in [-0.15, -0.1) is 0 Å². The van der Waals surface area contributed by atoms with Gasteiger partial charge in [-0.05, 0) is 68.8 Å². The zero-order valence-electron chi connectivity index (χ0n) is 15.6. The Hall–Kier alpha value is -2.35. The Morgan fingerprint density at radius 3 is 2.11 bits per heavy atom. The minimum atomic E-state index is -0.107. The van der Waals surface area contributed by atoms with E-state index in [1.165, 1.54) is 6.92 Å². The summed E-state index contributed by atoms with van der Waals surface area (Å²) in [5, 5.41) is 13.3. The van der Waals surface area contributed by atoms with Crippen LogP contribution in [-0.2, 0) is 4.79 Å². The molecule has 0 aliphatic heterocycles. The van der Waals surface area contributed by atoms with Gasteiger partial charge in [-0.1, -0.05) is 11.6 Å². The number of benzene rings is 2. The lowest BCUT2D eigenvalue weighted by Crippen LogP contribution is -2.21. The van der Waals surface area contributed by atoms with Crippen LogP contribution in [0.1, 0.15) is 6.92 Å². The van der Waals surface area contributed by atoms with E-state index < -0.39 is 0 Å². The van der Waals surface area contributed by atoms with Crippen molar-refractivity contribution < 1.29 is 4.79 Å². The molecule has 0 spiro atoms. The Kier molecular flexibility index (Phi) is 7.84. The fourth-order valence-electron chi connectivity index (χ4n) is 2.28. The number of hydrogen-bond acceptors (Lipinski definition) is 4. The first-order valence-electron chi connectivity index (χ1n) is 8.47. The van der Waals surface area contributed by atoms with Crippen molar-refractivity contribution in [1.29, 1.82) is 0 Å². The molecule has 0 aliphatic rings. The van der Waals surface area contributed by atoms with Crippen LogP contribution in [0.2, 0.25) is 5.02 Å². The van der Waals surface area contributed by atoms with Crippen molar-refractivity contribution in [2.45, 2.75) is 6.92 Å². The number of nitrogens with zero attached hydrogens (tertiary/aromatic N) is 1. The first-order chi connectivity index (χ1) is 12.8. The van der Waals surface area contributed by atoms with Crippen LogP contribution in [0, 0.1) is 0 Å². The predicted molar refractivity (Wildman–Crippen MR) is 119 cm³/mol. The SMILES string of the molecule is CC(=O)Nc1ccc(NC(=S)Nc2ccc(NCCN(C)C)c(Cl)c2)cc1. The zero-order valence-corrected chi connectivity index (χ0v) is 17.2. The molecule has 4 N–H and O–H groups in total. The summed E-state index contributed by atoms with van der Waals surface area (Å²) in [4.78, 5) is 13.1. The monoisotopic (exact) mass is 405 g/mol. The van der Waals surface area contributed by atoms with Crippen LogP contribution < -0.4 is 21.3 Å². The lowest BCUT2D eigenvalue weighted by Gasteiger charge is -2.14. The van der Waals surface area contributed by atoms with Gasteiger partial charge in [0.1, 0.15) is 0 Å². The summed E-state index contributed by atoms with van der Waals surface area (Å²) < 4.78 is 0. The number of anilines is 4. The number of halogens is 1. The highest BCUT2D eigenvalue weighted by Crippen LogP contribution is 2.25. The number of likely N-dealkylation sites (N-methyl/N-ethyl adjacent to an activating group) is 1. The number of nitrogens with one attached hydrogen (secondary N) is 4. The van der Waals surface area contributed by atoms with Gasteiger partial charge >= 0.3 is 0 Å². The Morgan fingerprint density at radius 1 is 1.00 bits per heavy atom. The van der Waals surface area contributed by atoms with Gasteiger partial charge in [0.15, 0.2) is 5.11 Å². The van der Waals surface area contributed by atoms with Crippen LogP contribution in [0.25, 0.3) is 0 Å². The highest BCUT2D eigenvalue weighted by molar-refractivity contribution is 7.80. The first kappa shape index (κ1) is 21.0. The van der Waals surface area contributed by atoms with Crippen LogP contribution in [0.4, 0.5) is 22.7 Å². The van der Waals surface area contributed by atoms with E-state index in [4.69, 9.17) is 23.8 Å². The maximum absolute atomic E-state index is 11.0. The minimum absolute atomic E-state index is 0.107. The van der Waals surface area contributed by atoms with Gasteiger partial charge in [0.05, 0.1) is 10.7 Å². The molecule has 0 saturated heterocycles. The van der Waals surface area contributed by atoms with Crippen LogP contribution in [0.15, 0.2) is 42.5 Å². The van der Waals surface area contributed by atoms with Crippen molar-refractivity contribution in [2.75, 3.05) is 48.5 Å². The van der Waals surface area contributed by atoms with Gasteiger partial charge < -0.3 is 26.2 Å². The third-order valence-corrected chi connectivity index (χ3v) is 4.08. The van der Waals surface area contributed by atoms with Crippen molar-refractivity contribution in [1.82, 2.24) is 4.90 Å². The van der Waals surface area contributed by atoms with E-state index in [0.29, 0.717) is 10.1 Å². The minimum Gasteiger partial charge on any atom is -0.383 e. The number of carbonyl (C=O) groups excluding carboxylic acids is 1. The van der Waals surface area contributed by atoms with Crippen LogP contribution in [0.5, 0.6) is 0 Å². The fourth-order valence-corrected chi connectivity index (χ4v) is 2.77. The van der Waals surface area contributed by atoms with Crippen LogP contribution in [-0.4, -0.2) is 43.1 Å². The topological polar surface area (TPSA) is 68.4 Å². The lowest BCUT2D eigenvalue weighted by molar-refractivity contribution is -0.114. The average molecular weight is 406 g/mol. The molecule has 0 saturated carbocycles. The molecule has 0 radical (unpaired) electrons. The second kappa shape index (κ2) is 10.1. The molecule has 0 unspecified atom stereocenters. The van der Waals surface area contributed by atoms with Crippen molar-refractivity contribution >= 4 is 57.6 Å². The summed E-state index contributed by atoms with van der Waals surface area (Å²) in [6.07, 6.45) is 0. The Bertz CT molecular complexity index is 795. The van der Waals surface area contributed by atoms with Gasteiger partial charge in [-0.3, -0.25) is 4.79 Å². The van der Waals surface area contributed by atoms with Crippen molar-refractivity contribution in [3.63, 3.8) is 0 Å². The third kappa shape index (κ3) is 7.42. The van der Waals surface area contributed by atoms with Crippen molar-refractivity contribution in [2.24, 2.45) is 0 Å². The molecule has 0 aliphatic carbocycles. The standard InChI is InChI=1S/C19H24ClN5OS/c1-13(26)22-14-4-6-15(7-5-14)23-19(27)24-16-8-9-18(17(20)12-16)21-10-11-25(2)3/h4-9,12,21H,10-11H2,1-3H3,(H,22,26)(H2,23,24,27). The van der Waals surface area contributed by atoms with Crippen LogP contribution in [0.3, 0.4) is 0 Å². The second-order valence-electron chi connectivity index (χ2n) is 6.26. The number of amides is 1. The molecule has 0 bridgehead atoms. The Balaban J connectivity index is 1.89. The largest absolute Gasteiger partial charge is 0.383 e. The number of carbonyl (C=O) groups is 1. The summed E-state index contributed by atoms with van der Waals surface area (Å²) in [7, 11) is 4.05. The number of thiocarbonyl (C=S) groups is 1. The van der Waals surface area contributed by atoms with E-state index in [1.54, 1.807) is 12.1 Å². The van der Waals surface area contributed by atoms with E-state index in [1.807, 2.05) is 44.4 Å². The van der Waals surface area contributed by atoms with E-state index >= 15 is 0 Å². The molecule has 144 valence electrons. The molecule has 0 atom stereocenters. The van der Waals surface area contributed by atoms with Crippen LogP contribution >= 0.6 is 23.8 Å². The average Bonchev–Trinajstić information content (AvgIpc) is 2.58. The molecule has 6 nitrogen and oxygen atoms in total. The summed E-state index contributed by atoms with van der Waals surface area (Å²) in [5.41, 5.74) is 3.23. The lowest BCUT2D eigenvalue weighted by atomic mass is 10.2. The van der Waals surface area contributed by atoms with Gasteiger partial charge in [-0.25, -0.2) is 0 Å². The molecule has 0 heterocycles. The molecular weight excluding hydrogens is 382 g/mol. The highest BCUT2D eigenvalue weighted by atomic mass is 35.5. The molecular formula is C19H24ClN5OS. The molecule has 27 heavy (non-hydrogen) atoms. The quantitative estimate of drug-likeness (QED) is 0.520. The summed E-state index contributed by atoms with van der Waals surface area (Å²) in [6.45, 7) is 3.21. The smallest absolute Gasteiger partial charge is 0.221 e. The Labute approximate surface area is 170 Å². The third-order valence-electron chi connectivity index (χ3n) is 3.56. The number of rotatable bonds is 7. The molecule has 2 rings (SSSR count). The van der Waals surface area contributed by atoms with Crippen molar-refractivity contribution in [3.05, 3.63) is 47.5 Å². The summed E-state index contributed by atoms with van der Waals surface area (Å²) >= 11 is 11.7.